The Balaban J connectivity index is 2.57. The zero-order valence-corrected chi connectivity index (χ0v) is 10.7. The molecule has 1 aliphatic rings. The lowest BCUT2D eigenvalue weighted by molar-refractivity contribution is 0.160. The molecule has 1 rings (SSSR count). The molecule has 98 valence electrons. The van der Waals surface area contributed by atoms with Crippen molar-refractivity contribution in [2.24, 2.45) is 5.73 Å². The predicted octanol–water partition coefficient (Wildman–Crippen LogP) is 1.63. The first-order valence-corrected chi connectivity index (χ1v) is 6.52. The first-order valence-electron chi connectivity index (χ1n) is 6.52. The van der Waals surface area contributed by atoms with Crippen LogP contribution in [0.4, 0.5) is 4.79 Å². The number of urea groups is 1. The third-order valence-electron chi connectivity index (χ3n) is 3.00. The Morgan fingerprint density at radius 1 is 1.29 bits per heavy atom. The van der Waals surface area contributed by atoms with Crippen molar-refractivity contribution in [3.63, 3.8) is 0 Å². The molecule has 0 radical (unpaired) electrons. The Morgan fingerprint density at radius 2 is 1.88 bits per heavy atom. The summed E-state index contributed by atoms with van der Waals surface area (Å²) in [4.78, 5) is 15.9. The van der Waals surface area contributed by atoms with Crippen molar-refractivity contribution < 1.29 is 4.79 Å². The number of carbonyl (C=O) groups excluding carboxylic acids is 1. The van der Waals surface area contributed by atoms with E-state index in [9.17, 15) is 4.79 Å². The largest absolute Gasteiger partial charge is 0.386 e. The van der Waals surface area contributed by atoms with Crippen LogP contribution < -0.4 is 5.73 Å². The molecule has 17 heavy (non-hydrogen) atoms. The predicted molar refractivity (Wildman–Crippen MR) is 69.2 cm³/mol. The van der Waals surface area contributed by atoms with E-state index in [1.54, 1.807) is 4.90 Å². The summed E-state index contributed by atoms with van der Waals surface area (Å²) in [5.74, 6) is 0.0571. The maximum atomic E-state index is 12.3. The zero-order valence-electron chi connectivity index (χ0n) is 10.7. The maximum Gasteiger partial charge on any atom is 0.320 e. The summed E-state index contributed by atoms with van der Waals surface area (Å²) >= 11 is 0. The molecular weight excluding hydrogens is 216 g/mol. The number of amidine groups is 1. The second kappa shape index (κ2) is 7.14. The van der Waals surface area contributed by atoms with Gasteiger partial charge in [-0.2, -0.15) is 0 Å². The van der Waals surface area contributed by atoms with E-state index in [-0.39, 0.29) is 18.4 Å². The van der Waals surface area contributed by atoms with Gasteiger partial charge in [0.1, 0.15) is 5.84 Å². The van der Waals surface area contributed by atoms with Gasteiger partial charge in [-0.05, 0) is 19.3 Å². The van der Waals surface area contributed by atoms with Gasteiger partial charge in [-0.3, -0.25) is 5.41 Å². The van der Waals surface area contributed by atoms with E-state index in [1.807, 2.05) is 11.8 Å². The Kier molecular flexibility index (Phi) is 5.80. The minimum atomic E-state index is 0.0453. The molecule has 0 unspecified atom stereocenters. The van der Waals surface area contributed by atoms with Gasteiger partial charge < -0.3 is 15.5 Å². The molecule has 5 nitrogen and oxygen atoms in total. The molecule has 0 aromatic rings. The number of likely N-dealkylation sites (tertiary alicyclic amines) is 1. The number of hydrogen-bond donors (Lipinski definition) is 2. The number of nitrogens with zero attached hydrogens (tertiary/aromatic N) is 2. The Bertz CT molecular complexity index is 259. The van der Waals surface area contributed by atoms with E-state index in [0.29, 0.717) is 6.54 Å². The summed E-state index contributed by atoms with van der Waals surface area (Å²) in [6.45, 7) is 4.65. The average Bonchev–Trinajstić information content (AvgIpc) is 2.55. The molecule has 1 saturated heterocycles. The molecule has 0 spiro atoms. The summed E-state index contributed by atoms with van der Waals surface area (Å²) in [6.07, 6.45) is 5.50. The molecule has 5 heteroatoms. The lowest BCUT2D eigenvalue weighted by atomic mass is 10.2. The van der Waals surface area contributed by atoms with Crippen LogP contribution in [-0.2, 0) is 0 Å². The highest BCUT2D eigenvalue weighted by atomic mass is 16.2. The third kappa shape index (κ3) is 4.63. The summed E-state index contributed by atoms with van der Waals surface area (Å²) < 4.78 is 0. The molecule has 1 heterocycles. The normalized spacial score (nSPS) is 16.4. The molecule has 0 atom stereocenters. The molecule has 1 aliphatic heterocycles. The fourth-order valence-corrected chi connectivity index (χ4v) is 2.18. The quantitative estimate of drug-likeness (QED) is 0.579. The highest BCUT2D eigenvalue weighted by Gasteiger charge is 2.21. The highest BCUT2D eigenvalue weighted by molar-refractivity contribution is 5.84. The van der Waals surface area contributed by atoms with Crippen LogP contribution in [-0.4, -0.2) is 47.8 Å². The number of nitrogens with one attached hydrogen (secondary N) is 1. The fourth-order valence-electron chi connectivity index (χ4n) is 2.18. The lowest BCUT2D eigenvalue weighted by Gasteiger charge is -2.29. The van der Waals surface area contributed by atoms with Gasteiger partial charge >= 0.3 is 6.03 Å². The van der Waals surface area contributed by atoms with Crippen molar-refractivity contribution in [3.05, 3.63) is 0 Å². The second-order valence-corrected chi connectivity index (χ2v) is 4.63. The maximum absolute atomic E-state index is 12.3. The molecule has 1 fully saturated rings. The van der Waals surface area contributed by atoms with Crippen LogP contribution >= 0.6 is 0 Å². The molecule has 0 aromatic carbocycles. The molecule has 0 bridgehead atoms. The van der Waals surface area contributed by atoms with Crippen molar-refractivity contribution in [1.82, 2.24) is 9.80 Å². The minimum absolute atomic E-state index is 0.0453. The summed E-state index contributed by atoms with van der Waals surface area (Å²) in [7, 11) is 0. The monoisotopic (exact) mass is 240 g/mol. The van der Waals surface area contributed by atoms with Crippen molar-refractivity contribution in [2.75, 3.05) is 26.2 Å². The van der Waals surface area contributed by atoms with Gasteiger partial charge in [-0.15, -0.1) is 0 Å². The van der Waals surface area contributed by atoms with Crippen LogP contribution in [0.2, 0.25) is 0 Å². The topological polar surface area (TPSA) is 73.4 Å². The van der Waals surface area contributed by atoms with E-state index < -0.39 is 0 Å². The van der Waals surface area contributed by atoms with Gasteiger partial charge in [-0.1, -0.05) is 19.8 Å². The smallest absolute Gasteiger partial charge is 0.320 e. The van der Waals surface area contributed by atoms with Crippen molar-refractivity contribution in [1.29, 1.82) is 5.41 Å². The molecule has 0 aromatic heterocycles. The van der Waals surface area contributed by atoms with Crippen LogP contribution in [0.5, 0.6) is 0 Å². The van der Waals surface area contributed by atoms with E-state index in [2.05, 4.69) is 0 Å². The van der Waals surface area contributed by atoms with Crippen LogP contribution in [0, 0.1) is 5.41 Å². The van der Waals surface area contributed by atoms with Crippen molar-refractivity contribution in [2.45, 2.75) is 39.0 Å². The third-order valence-corrected chi connectivity index (χ3v) is 3.00. The fraction of sp³-hybridized carbons (Fsp3) is 0.833. The van der Waals surface area contributed by atoms with Gasteiger partial charge in [0.25, 0.3) is 0 Å². The average molecular weight is 240 g/mol. The number of rotatable bonds is 4. The van der Waals surface area contributed by atoms with Crippen LogP contribution in [0.15, 0.2) is 0 Å². The van der Waals surface area contributed by atoms with E-state index in [0.717, 1.165) is 32.4 Å². The molecule has 3 N–H and O–H groups in total. The number of hydrogen-bond acceptors (Lipinski definition) is 2. The highest BCUT2D eigenvalue weighted by Crippen LogP contribution is 2.11. The van der Waals surface area contributed by atoms with Gasteiger partial charge in [-0.25, -0.2) is 4.79 Å². The standard InChI is InChI=1S/C12H24N4O/c1-2-7-16(10-11(13)14)12(17)15-8-5-3-4-6-9-15/h2-10H2,1H3,(H3,13,14). The second-order valence-electron chi connectivity index (χ2n) is 4.63. The Labute approximate surface area is 103 Å². The van der Waals surface area contributed by atoms with E-state index in [1.165, 1.54) is 12.8 Å². The Morgan fingerprint density at radius 3 is 2.35 bits per heavy atom. The van der Waals surface area contributed by atoms with Crippen LogP contribution in [0.25, 0.3) is 0 Å². The minimum Gasteiger partial charge on any atom is -0.386 e. The van der Waals surface area contributed by atoms with Crippen LogP contribution in [0.1, 0.15) is 39.0 Å². The van der Waals surface area contributed by atoms with Crippen molar-refractivity contribution in [3.8, 4) is 0 Å². The molecule has 0 saturated carbocycles. The van der Waals surface area contributed by atoms with Crippen LogP contribution in [0.3, 0.4) is 0 Å². The number of carbonyl (C=O) groups is 1. The summed E-state index contributed by atoms with van der Waals surface area (Å²) in [6, 6.07) is 0.0453. The van der Waals surface area contributed by atoms with E-state index >= 15 is 0 Å². The molecular formula is C12H24N4O. The van der Waals surface area contributed by atoms with Gasteiger partial charge in [0.2, 0.25) is 0 Å². The lowest BCUT2D eigenvalue weighted by Crippen LogP contribution is -2.47. The first-order chi connectivity index (χ1) is 8.15. The number of nitrogens with two attached hydrogens (primary N) is 1. The summed E-state index contributed by atoms with van der Waals surface area (Å²) in [5, 5.41) is 7.32. The first kappa shape index (κ1) is 13.8. The number of amides is 2. The van der Waals surface area contributed by atoms with Gasteiger partial charge in [0, 0.05) is 19.6 Å². The molecule has 0 aliphatic carbocycles. The Hall–Kier alpha value is -1.26. The van der Waals surface area contributed by atoms with Gasteiger partial charge in [0.15, 0.2) is 0 Å². The SMILES string of the molecule is CCCN(CC(=N)N)C(=O)N1CCCCCC1. The van der Waals surface area contributed by atoms with Crippen molar-refractivity contribution >= 4 is 11.9 Å². The van der Waals surface area contributed by atoms with Gasteiger partial charge in [0.05, 0.1) is 6.54 Å². The molecule has 2 amide bonds. The zero-order chi connectivity index (χ0) is 12.7. The van der Waals surface area contributed by atoms with E-state index in [4.69, 9.17) is 11.1 Å². The summed E-state index contributed by atoms with van der Waals surface area (Å²) in [5.41, 5.74) is 5.39.